The molecule has 1 saturated carbocycles. The van der Waals surface area contributed by atoms with Gasteiger partial charge in [-0.2, -0.15) is 0 Å². The highest BCUT2D eigenvalue weighted by Crippen LogP contribution is 2.19. The van der Waals surface area contributed by atoms with Crippen LogP contribution in [0, 0.1) is 0 Å². The minimum Gasteiger partial charge on any atom is -0.348 e. The Labute approximate surface area is 179 Å². The van der Waals surface area contributed by atoms with Gasteiger partial charge in [0.1, 0.15) is 0 Å². The lowest BCUT2D eigenvalue weighted by molar-refractivity contribution is -0.119. The zero-order valence-corrected chi connectivity index (χ0v) is 18.9. The molecule has 2 N–H and O–H groups in total. The van der Waals surface area contributed by atoms with Crippen molar-refractivity contribution in [2.75, 3.05) is 0 Å². The second-order valence-corrected chi connectivity index (χ2v) is 8.37. The molecule has 4 nitrogen and oxygen atoms in total. The molecule has 0 aliphatic heterocycles. The fraction of sp³-hybridized carbons (Fsp3) is 0.760. The Balaban J connectivity index is 2.21. The molecule has 0 radical (unpaired) electrons. The van der Waals surface area contributed by atoms with E-state index in [1.54, 1.807) is 12.2 Å². The third kappa shape index (κ3) is 13.3. The van der Waals surface area contributed by atoms with Crippen LogP contribution >= 0.6 is 0 Å². The fourth-order valence-corrected chi connectivity index (χ4v) is 3.88. The number of unbranched alkanes of at least 4 members (excludes halogenated alkanes) is 10. The zero-order valence-electron chi connectivity index (χ0n) is 18.9. The highest BCUT2D eigenvalue weighted by atomic mass is 16.2. The van der Waals surface area contributed by atoms with Crippen LogP contribution in [0.5, 0.6) is 0 Å². The molecule has 0 spiro atoms. The van der Waals surface area contributed by atoms with Crippen molar-refractivity contribution in [2.24, 2.45) is 0 Å². The maximum atomic E-state index is 12.2. The van der Waals surface area contributed by atoms with E-state index in [2.05, 4.69) is 24.5 Å². The predicted molar refractivity (Wildman–Crippen MR) is 123 cm³/mol. The molecular formula is C25H44N2O2. The van der Waals surface area contributed by atoms with E-state index in [9.17, 15) is 9.59 Å². The molecule has 2 unspecified atom stereocenters. The molecule has 0 heterocycles. The van der Waals surface area contributed by atoms with Crippen LogP contribution in [0.3, 0.4) is 0 Å². The summed E-state index contributed by atoms with van der Waals surface area (Å²) in [7, 11) is 0. The molecule has 1 aliphatic carbocycles. The Morgan fingerprint density at radius 3 is 1.52 bits per heavy atom. The van der Waals surface area contributed by atoms with E-state index in [1.165, 1.54) is 51.4 Å². The van der Waals surface area contributed by atoms with Crippen molar-refractivity contribution < 1.29 is 9.59 Å². The molecule has 2 atom stereocenters. The molecule has 166 valence electrons. The van der Waals surface area contributed by atoms with Gasteiger partial charge in [-0.3, -0.25) is 9.59 Å². The highest BCUT2D eigenvalue weighted by Gasteiger charge is 2.28. The van der Waals surface area contributed by atoms with Crippen LogP contribution in [0.2, 0.25) is 0 Å². The second kappa shape index (κ2) is 17.3. The lowest BCUT2D eigenvalue weighted by atomic mass is 10.1. The van der Waals surface area contributed by atoms with Crippen LogP contribution in [0.15, 0.2) is 24.3 Å². The van der Waals surface area contributed by atoms with Crippen LogP contribution in [0.1, 0.15) is 110 Å². The Hall–Kier alpha value is -1.58. The monoisotopic (exact) mass is 404 g/mol. The number of hydrogen-bond donors (Lipinski definition) is 2. The average Bonchev–Trinajstić information content (AvgIpc) is 3.13. The van der Waals surface area contributed by atoms with Gasteiger partial charge in [-0.05, 0) is 57.1 Å². The van der Waals surface area contributed by atoms with E-state index < -0.39 is 0 Å². The summed E-state index contributed by atoms with van der Waals surface area (Å²) in [5, 5.41) is 6.15. The number of nitrogens with one attached hydrogen (secondary N) is 2. The predicted octanol–water partition coefficient (Wildman–Crippen LogP) is 5.97. The summed E-state index contributed by atoms with van der Waals surface area (Å²) in [6, 6.07) is 0.0891. The number of rotatable bonds is 16. The molecule has 0 aromatic carbocycles. The first-order valence-electron chi connectivity index (χ1n) is 12.1. The van der Waals surface area contributed by atoms with Crippen molar-refractivity contribution >= 4 is 11.8 Å². The van der Waals surface area contributed by atoms with Crippen LogP contribution < -0.4 is 10.6 Å². The minimum atomic E-state index is -0.0349. The third-order valence-electron chi connectivity index (χ3n) is 5.66. The lowest BCUT2D eigenvalue weighted by Gasteiger charge is -2.21. The Morgan fingerprint density at radius 1 is 0.690 bits per heavy atom. The number of allylic oxidation sites excluding steroid dienone is 2. The van der Waals surface area contributed by atoms with Gasteiger partial charge in [-0.25, -0.2) is 0 Å². The van der Waals surface area contributed by atoms with E-state index in [4.69, 9.17) is 0 Å². The summed E-state index contributed by atoms with van der Waals surface area (Å²) in [6.07, 6.45) is 24.6. The second-order valence-electron chi connectivity index (χ2n) is 8.37. The normalized spacial score (nSPS) is 19.2. The Morgan fingerprint density at radius 2 is 1.10 bits per heavy atom. The molecule has 0 aromatic heterocycles. The van der Waals surface area contributed by atoms with Gasteiger partial charge in [0.2, 0.25) is 11.8 Å². The van der Waals surface area contributed by atoms with Crippen molar-refractivity contribution in [3.8, 4) is 0 Å². The van der Waals surface area contributed by atoms with Crippen LogP contribution in [-0.2, 0) is 9.59 Å². The SMILES string of the molecule is CCCCCCCC=CC(=O)NC1CCCC1NC(=O)C=CCCCCCCC. The van der Waals surface area contributed by atoms with E-state index in [0.717, 1.165) is 44.9 Å². The van der Waals surface area contributed by atoms with Gasteiger partial charge in [0.05, 0.1) is 0 Å². The van der Waals surface area contributed by atoms with Crippen LogP contribution in [0.25, 0.3) is 0 Å². The number of hydrogen-bond acceptors (Lipinski definition) is 2. The molecule has 4 heteroatoms. The van der Waals surface area contributed by atoms with Gasteiger partial charge in [0, 0.05) is 12.1 Å². The summed E-state index contributed by atoms with van der Waals surface area (Å²) >= 11 is 0. The quantitative estimate of drug-likeness (QED) is 0.246. The summed E-state index contributed by atoms with van der Waals surface area (Å²) in [6.45, 7) is 4.43. The van der Waals surface area contributed by atoms with Crippen LogP contribution in [0.4, 0.5) is 0 Å². The zero-order chi connectivity index (χ0) is 21.2. The molecular weight excluding hydrogens is 360 g/mol. The minimum absolute atomic E-state index is 0.0349. The molecule has 1 aliphatic rings. The summed E-state index contributed by atoms with van der Waals surface area (Å²) < 4.78 is 0. The van der Waals surface area contributed by atoms with E-state index >= 15 is 0 Å². The van der Waals surface area contributed by atoms with Gasteiger partial charge in [0.15, 0.2) is 0 Å². The molecule has 0 saturated heterocycles. The van der Waals surface area contributed by atoms with E-state index in [0.29, 0.717) is 0 Å². The topological polar surface area (TPSA) is 58.2 Å². The lowest BCUT2D eigenvalue weighted by Crippen LogP contribution is -2.47. The van der Waals surface area contributed by atoms with Crippen molar-refractivity contribution in [3.05, 3.63) is 24.3 Å². The third-order valence-corrected chi connectivity index (χ3v) is 5.66. The van der Waals surface area contributed by atoms with Gasteiger partial charge >= 0.3 is 0 Å². The number of amides is 2. The van der Waals surface area contributed by atoms with Crippen molar-refractivity contribution in [1.29, 1.82) is 0 Å². The molecule has 0 aromatic rings. The number of carbonyl (C=O) groups excluding carboxylic acids is 2. The van der Waals surface area contributed by atoms with E-state index in [-0.39, 0.29) is 23.9 Å². The number of carbonyl (C=O) groups is 2. The van der Waals surface area contributed by atoms with E-state index in [1.807, 2.05) is 12.2 Å². The molecule has 0 bridgehead atoms. The molecule has 1 fully saturated rings. The van der Waals surface area contributed by atoms with Crippen LogP contribution in [-0.4, -0.2) is 23.9 Å². The van der Waals surface area contributed by atoms with Crippen molar-refractivity contribution in [3.63, 3.8) is 0 Å². The molecule has 2 amide bonds. The fourth-order valence-electron chi connectivity index (χ4n) is 3.88. The summed E-state index contributed by atoms with van der Waals surface area (Å²) in [4.78, 5) is 24.3. The Bertz CT molecular complexity index is 455. The van der Waals surface area contributed by atoms with Crippen molar-refractivity contribution in [1.82, 2.24) is 10.6 Å². The smallest absolute Gasteiger partial charge is 0.243 e. The van der Waals surface area contributed by atoms with Gasteiger partial charge in [0.25, 0.3) is 0 Å². The van der Waals surface area contributed by atoms with Gasteiger partial charge in [-0.1, -0.05) is 77.4 Å². The first-order chi connectivity index (χ1) is 14.2. The molecule has 29 heavy (non-hydrogen) atoms. The average molecular weight is 405 g/mol. The van der Waals surface area contributed by atoms with Gasteiger partial charge in [-0.15, -0.1) is 0 Å². The van der Waals surface area contributed by atoms with Crippen molar-refractivity contribution in [2.45, 2.75) is 122 Å². The first-order valence-corrected chi connectivity index (χ1v) is 12.1. The summed E-state index contributed by atoms with van der Waals surface area (Å²) in [5.41, 5.74) is 0. The standard InChI is InChI=1S/C25H44N2O2/c1-3-5-7-9-11-13-15-20-24(28)26-22-18-17-19-23(22)27-25(29)21-16-14-12-10-8-6-4-2/h15-16,20-23H,3-14,17-19H2,1-2H3,(H,26,28)(H,27,29). The maximum Gasteiger partial charge on any atom is 0.243 e. The summed E-state index contributed by atoms with van der Waals surface area (Å²) in [5.74, 6) is -0.0698. The molecule has 1 rings (SSSR count). The van der Waals surface area contributed by atoms with Gasteiger partial charge < -0.3 is 10.6 Å². The maximum absolute atomic E-state index is 12.2. The Kier molecular flexibility index (Phi) is 15.2. The first kappa shape index (κ1) is 25.5. The highest BCUT2D eigenvalue weighted by molar-refractivity contribution is 5.89. The largest absolute Gasteiger partial charge is 0.348 e.